The lowest BCUT2D eigenvalue weighted by atomic mass is 9.90. The van der Waals surface area contributed by atoms with E-state index in [9.17, 15) is 0 Å². The first kappa shape index (κ1) is 15.3. The number of aromatic nitrogens is 1. The summed E-state index contributed by atoms with van der Waals surface area (Å²) in [6, 6.07) is 12.2. The van der Waals surface area contributed by atoms with E-state index in [4.69, 9.17) is 16.3 Å². The van der Waals surface area contributed by atoms with Gasteiger partial charge in [0.2, 0.25) is 0 Å². The maximum Gasteiger partial charge on any atom is 0.122 e. The van der Waals surface area contributed by atoms with Crippen molar-refractivity contribution < 1.29 is 4.74 Å². The molecule has 0 amide bonds. The highest BCUT2D eigenvalue weighted by molar-refractivity contribution is 6.30. The van der Waals surface area contributed by atoms with E-state index in [2.05, 4.69) is 22.0 Å². The third kappa shape index (κ3) is 3.79. The van der Waals surface area contributed by atoms with Gasteiger partial charge in [-0.15, -0.1) is 0 Å². The van der Waals surface area contributed by atoms with Crippen molar-refractivity contribution in [3.8, 4) is 5.75 Å². The second-order valence-corrected chi connectivity index (χ2v) is 6.25. The molecular formula is C18H21ClN2O. The van der Waals surface area contributed by atoms with E-state index in [1.165, 1.54) is 18.4 Å². The first-order valence-corrected chi connectivity index (χ1v) is 8.09. The van der Waals surface area contributed by atoms with Crippen molar-refractivity contribution in [1.29, 1.82) is 0 Å². The second kappa shape index (κ2) is 7.12. The Morgan fingerprint density at radius 1 is 1.27 bits per heavy atom. The van der Waals surface area contributed by atoms with Crippen LogP contribution in [0.4, 0.5) is 0 Å². The average Bonchev–Trinajstić information content (AvgIpc) is 2.56. The van der Waals surface area contributed by atoms with Crippen molar-refractivity contribution in [2.24, 2.45) is 0 Å². The van der Waals surface area contributed by atoms with E-state index in [1.807, 2.05) is 30.5 Å². The summed E-state index contributed by atoms with van der Waals surface area (Å²) >= 11 is 5.98. The van der Waals surface area contributed by atoms with Crippen molar-refractivity contribution in [3.63, 3.8) is 0 Å². The SMILES string of the molecule is COc1ccnc(CN2CCCC(c3ccc(Cl)cc3)C2)c1. The third-order valence-electron chi connectivity index (χ3n) is 4.26. The van der Waals surface area contributed by atoms with Gasteiger partial charge < -0.3 is 4.74 Å². The van der Waals surface area contributed by atoms with Gasteiger partial charge in [0.05, 0.1) is 12.8 Å². The minimum absolute atomic E-state index is 0.580. The topological polar surface area (TPSA) is 25.4 Å². The van der Waals surface area contributed by atoms with Gasteiger partial charge in [-0.05, 0) is 49.1 Å². The van der Waals surface area contributed by atoms with Crippen molar-refractivity contribution in [3.05, 3.63) is 58.9 Å². The number of hydrogen-bond donors (Lipinski definition) is 0. The number of nitrogens with zero attached hydrogens (tertiary/aromatic N) is 2. The Morgan fingerprint density at radius 3 is 2.86 bits per heavy atom. The highest BCUT2D eigenvalue weighted by atomic mass is 35.5. The summed E-state index contributed by atoms with van der Waals surface area (Å²) in [7, 11) is 1.69. The predicted octanol–water partition coefficient (Wildman–Crippen LogP) is 4.12. The highest BCUT2D eigenvalue weighted by Crippen LogP contribution is 2.28. The molecule has 3 nitrogen and oxygen atoms in total. The molecule has 1 atom stereocenters. The zero-order valence-corrected chi connectivity index (χ0v) is 13.6. The summed E-state index contributed by atoms with van der Waals surface area (Å²) in [5.74, 6) is 1.45. The first-order chi connectivity index (χ1) is 10.7. The molecule has 3 rings (SSSR count). The van der Waals surface area contributed by atoms with Crippen molar-refractivity contribution in [2.75, 3.05) is 20.2 Å². The second-order valence-electron chi connectivity index (χ2n) is 5.81. The van der Waals surface area contributed by atoms with Gasteiger partial charge in [0.25, 0.3) is 0 Å². The molecule has 1 saturated heterocycles. The largest absolute Gasteiger partial charge is 0.497 e. The zero-order valence-electron chi connectivity index (χ0n) is 12.8. The molecule has 1 aliphatic rings. The van der Waals surface area contributed by atoms with E-state index in [1.54, 1.807) is 7.11 Å². The number of likely N-dealkylation sites (tertiary alicyclic amines) is 1. The Hall–Kier alpha value is -1.58. The third-order valence-corrected chi connectivity index (χ3v) is 4.51. The smallest absolute Gasteiger partial charge is 0.122 e. The fourth-order valence-corrected chi connectivity index (χ4v) is 3.23. The van der Waals surface area contributed by atoms with Crippen LogP contribution < -0.4 is 4.74 Å². The number of pyridine rings is 1. The van der Waals surface area contributed by atoms with Crippen LogP contribution in [0.5, 0.6) is 5.75 Å². The van der Waals surface area contributed by atoms with Gasteiger partial charge in [0.1, 0.15) is 5.75 Å². The monoisotopic (exact) mass is 316 g/mol. The summed E-state index contributed by atoms with van der Waals surface area (Å²) in [6.07, 6.45) is 4.27. The lowest BCUT2D eigenvalue weighted by Gasteiger charge is -2.32. The fraction of sp³-hybridized carbons (Fsp3) is 0.389. The number of rotatable bonds is 4. The number of piperidine rings is 1. The van der Waals surface area contributed by atoms with Crippen LogP contribution in [0, 0.1) is 0 Å². The highest BCUT2D eigenvalue weighted by Gasteiger charge is 2.21. The van der Waals surface area contributed by atoms with Crippen LogP contribution in [0.15, 0.2) is 42.6 Å². The van der Waals surface area contributed by atoms with Gasteiger partial charge >= 0.3 is 0 Å². The Labute approximate surface area is 136 Å². The molecule has 4 heteroatoms. The van der Waals surface area contributed by atoms with Crippen LogP contribution in [-0.4, -0.2) is 30.1 Å². The molecule has 0 bridgehead atoms. The van der Waals surface area contributed by atoms with Crippen molar-refractivity contribution in [2.45, 2.75) is 25.3 Å². The zero-order chi connectivity index (χ0) is 15.4. The Morgan fingerprint density at radius 2 is 2.09 bits per heavy atom. The molecule has 2 heterocycles. The summed E-state index contributed by atoms with van der Waals surface area (Å²) in [4.78, 5) is 6.93. The molecule has 0 N–H and O–H groups in total. The normalized spacial score (nSPS) is 19.1. The summed E-state index contributed by atoms with van der Waals surface area (Å²) in [6.45, 7) is 3.07. The number of hydrogen-bond acceptors (Lipinski definition) is 3. The Bertz CT molecular complexity index is 615. The molecule has 1 fully saturated rings. The van der Waals surface area contributed by atoms with Crippen LogP contribution in [0.25, 0.3) is 0 Å². The van der Waals surface area contributed by atoms with Gasteiger partial charge in [-0.1, -0.05) is 23.7 Å². The summed E-state index contributed by atoms with van der Waals surface area (Å²) in [5, 5.41) is 0.803. The van der Waals surface area contributed by atoms with Gasteiger partial charge in [-0.3, -0.25) is 9.88 Å². The fourth-order valence-electron chi connectivity index (χ4n) is 3.10. The van der Waals surface area contributed by atoms with Crippen LogP contribution in [0.3, 0.4) is 0 Å². The van der Waals surface area contributed by atoms with Crippen LogP contribution in [0.1, 0.15) is 30.0 Å². The number of ether oxygens (including phenoxy) is 1. The van der Waals surface area contributed by atoms with E-state index >= 15 is 0 Å². The number of halogens is 1. The molecular weight excluding hydrogens is 296 g/mol. The summed E-state index contributed by atoms with van der Waals surface area (Å²) < 4.78 is 5.27. The lowest BCUT2D eigenvalue weighted by molar-refractivity contribution is 0.198. The molecule has 0 aliphatic carbocycles. The predicted molar refractivity (Wildman–Crippen MR) is 89.5 cm³/mol. The molecule has 0 radical (unpaired) electrons. The van der Waals surface area contributed by atoms with E-state index < -0.39 is 0 Å². The lowest BCUT2D eigenvalue weighted by Crippen LogP contribution is -2.34. The number of methoxy groups -OCH3 is 1. The van der Waals surface area contributed by atoms with Crippen LogP contribution in [-0.2, 0) is 6.54 Å². The van der Waals surface area contributed by atoms with Gasteiger partial charge in [-0.2, -0.15) is 0 Å². The van der Waals surface area contributed by atoms with E-state index in [0.717, 1.165) is 36.1 Å². The van der Waals surface area contributed by atoms with Gasteiger partial charge in [0.15, 0.2) is 0 Å². The molecule has 1 unspecified atom stereocenters. The maximum atomic E-state index is 5.98. The quantitative estimate of drug-likeness (QED) is 0.848. The van der Waals surface area contributed by atoms with Crippen molar-refractivity contribution in [1.82, 2.24) is 9.88 Å². The Kier molecular flexibility index (Phi) is 4.96. The van der Waals surface area contributed by atoms with E-state index in [-0.39, 0.29) is 0 Å². The summed E-state index contributed by atoms with van der Waals surface area (Å²) in [5.41, 5.74) is 2.45. The molecule has 1 aliphatic heterocycles. The van der Waals surface area contributed by atoms with Crippen molar-refractivity contribution >= 4 is 11.6 Å². The minimum atomic E-state index is 0.580. The Balaban J connectivity index is 1.66. The molecule has 1 aromatic carbocycles. The molecule has 0 saturated carbocycles. The van der Waals surface area contributed by atoms with Gasteiger partial charge in [-0.25, -0.2) is 0 Å². The van der Waals surface area contributed by atoms with Crippen LogP contribution in [0.2, 0.25) is 5.02 Å². The molecule has 2 aromatic rings. The molecule has 22 heavy (non-hydrogen) atoms. The van der Waals surface area contributed by atoms with E-state index in [0.29, 0.717) is 5.92 Å². The number of benzene rings is 1. The molecule has 1 aromatic heterocycles. The van der Waals surface area contributed by atoms with Gasteiger partial charge in [0, 0.05) is 30.4 Å². The minimum Gasteiger partial charge on any atom is -0.497 e. The maximum absolute atomic E-state index is 5.98. The van der Waals surface area contributed by atoms with Crippen LogP contribution >= 0.6 is 11.6 Å². The first-order valence-electron chi connectivity index (χ1n) is 7.71. The molecule has 116 valence electrons. The molecule has 0 spiro atoms. The average molecular weight is 317 g/mol. The standard InChI is InChI=1S/C18H21ClN2O/c1-22-18-8-9-20-17(11-18)13-21-10-2-3-15(12-21)14-4-6-16(19)7-5-14/h4-9,11,15H,2-3,10,12-13H2,1H3.